The van der Waals surface area contributed by atoms with Gasteiger partial charge in [0.15, 0.2) is 11.7 Å². The van der Waals surface area contributed by atoms with E-state index in [2.05, 4.69) is 9.51 Å². The molecule has 178 valence electrons. The van der Waals surface area contributed by atoms with Crippen LogP contribution in [0.3, 0.4) is 0 Å². The van der Waals surface area contributed by atoms with Crippen LogP contribution in [0.15, 0.2) is 29.8 Å². The SMILES string of the molecule is CC[C@@H](O)c1csc(C(=O)c2cn(COC(=O)CCCOP(=O)([O-])[O-])c3cc(F)ccc23)n1.[Na+].[Na+]. The van der Waals surface area contributed by atoms with Gasteiger partial charge in [-0.25, -0.2) is 9.37 Å². The molecule has 0 aliphatic carbocycles. The van der Waals surface area contributed by atoms with Crippen molar-refractivity contribution < 1.29 is 102 Å². The largest absolute Gasteiger partial charge is 1.00 e. The summed E-state index contributed by atoms with van der Waals surface area (Å²) in [5.74, 6) is -1.67. The molecule has 0 unspecified atom stereocenters. The molecule has 1 atom stereocenters. The van der Waals surface area contributed by atoms with Gasteiger partial charge < -0.3 is 33.3 Å². The monoisotopic (exact) mass is 544 g/mol. The molecule has 15 heteroatoms. The van der Waals surface area contributed by atoms with Gasteiger partial charge in [0, 0.05) is 23.4 Å². The summed E-state index contributed by atoms with van der Waals surface area (Å²) in [5.41, 5.74) is 0.936. The Hall–Kier alpha value is -0.470. The molecule has 0 spiro atoms. The number of carbonyl (C=O) groups excluding carboxylic acids is 2. The number of ether oxygens (including phenoxy) is 1. The summed E-state index contributed by atoms with van der Waals surface area (Å²) in [6.07, 6.45) is 0.832. The molecule has 2 heterocycles. The van der Waals surface area contributed by atoms with Gasteiger partial charge in [-0.05, 0) is 31.0 Å². The fourth-order valence-electron chi connectivity index (χ4n) is 3.03. The number of nitrogens with zero attached hydrogens (tertiary/aromatic N) is 2. The molecule has 10 nitrogen and oxygen atoms in total. The van der Waals surface area contributed by atoms with E-state index in [-0.39, 0.29) is 89.3 Å². The summed E-state index contributed by atoms with van der Waals surface area (Å²) in [4.78, 5) is 50.0. The number of carbonyl (C=O) groups is 2. The van der Waals surface area contributed by atoms with Crippen LogP contribution < -0.4 is 68.9 Å². The van der Waals surface area contributed by atoms with E-state index in [0.29, 0.717) is 23.0 Å². The Morgan fingerprint density at radius 2 is 2.03 bits per heavy atom. The average molecular weight is 544 g/mol. The second-order valence-corrected chi connectivity index (χ2v) is 9.04. The van der Waals surface area contributed by atoms with Crippen LogP contribution in [0.4, 0.5) is 4.39 Å². The van der Waals surface area contributed by atoms with E-state index in [9.17, 15) is 33.4 Å². The third-order valence-corrected chi connectivity index (χ3v) is 6.03. The van der Waals surface area contributed by atoms with Crippen molar-refractivity contribution in [2.24, 2.45) is 0 Å². The van der Waals surface area contributed by atoms with E-state index in [0.717, 1.165) is 11.3 Å². The molecule has 2 aromatic heterocycles. The van der Waals surface area contributed by atoms with E-state index < -0.39 is 38.1 Å². The van der Waals surface area contributed by atoms with Crippen molar-refractivity contribution in [1.82, 2.24) is 9.55 Å². The molecule has 0 amide bonds. The molecule has 0 aliphatic heterocycles. The van der Waals surface area contributed by atoms with Gasteiger partial charge >= 0.3 is 65.1 Å². The number of aliphatic hydroxyl groups is 1. The maximum atomic E-state index is 13.8. The number of hydrogen-bond donors (Lipinski definition) is 1. The first kappa shape index (κ1) is 32.6. The Morgan fingerprint density at radius 3 is 2.69 bits per heavy atom. The fraction of sp³-hybridized carbons (Fsp3) is 0.350. The molecule has 1 aromatic carbocycles. The van der Waals surface area contributed by atoms with Crippen LogP contribution >= 0.6 is 19.2 Å². The molecule has 0 bridgehead atoms. The van der Waals surface area contributed by atoms with E-state index >= 15 is 0 Å². The molecule has 0 saturated carbocycles. The van der Waals surface area contributed by atoms with Crippen molar-refractivity contribution in [3.8, 4) is 0 Å². The zero-order chi connectivity index (χ0) is 24.2. The fourth-order valence-corrected chi connectivity index (χ4v) is 4.20. The number of phosphoric acid groups is 1. The molecule has 3 rings (SSSR count). The second kappa shape index (κ2) is 14.5. The number of ketones is 1. The zero-order valence-corrected chi connectivity index (χ0v) is 25.1. The third-order valence-electron chi connectivity index (χ3n) is 4.67. The number of halogens is 1. The number of hydrogen-bond acceptors (Lipinski definition) is 10. The predicted octanol–water partition coefficient (Wildman–Crippen LogP) is -3.95. The first-order valence-corrected chi connectivity index (χ1v) is 12.2. The minimum Gasteiger partial charge on any atom is -0.790 e. The molecule has 0 saturated heterocycles. The van der Waals surface area contributed by atoms with Gasteiger partial charge in [0.2, 0.25) is 5.78 Å². The average Bonchev–Trinajstić information content (AvgIpc) is 3.39. The number of esters is 1. The molecular formula is C20H20FN2Na2O8PS. The zero-order valence-electron chi connectivity index (χ0n) is 19.4. The van der Waals surface area contributed by atoms with Crippen molar-refractivity contribution in [2.45, 2.75) is 39.0 Å². The molecular weight excluding hydrogens is 524 g/mol. The molecule has 0 radical (unpaired) electrons. The van der Waals surface area contributed by atoms with Gasteiger partial charge in [-0.1, -0.05) is 6.92 Å². The van der Waals surface area contributed by atoms with Crippen LogP contribution in [-0.4, -0.2) is 33.0 Å². The van der Waals surface area contributed by atoms with Crippen molar-refractivity contribution >= 4 is 41.8 Å². The third kappa shape index (κ3) is 9.10. The number of benzene rings is 1. The number of fused-ring (bicyclic) bond motifs is 1. The van der Waals surface area contributed by atoms with Crippen LogP contribution in [0.25, 0.3) is 10.9 Å². The minimum atomic E-state index is -5.10. The van der Waals surface area contributed by atoms with Gasteiger partial charge in [-0.15, -0.1) is 11.3 Å². The smallest absolute Gasteiger partial charge is 0.790 e. The van der Waals surface area contributed by atoms with E-state index in [1.165, 1.54) is 29.0 Å². The quantitative estimate of drug-likeness (QED) is 0.0838. The predicted molar refractivity (Wildman–Crippen MR) is 112 cm³/mol. The number of aromatic nitrogens is 2. The standard InChI is InChI=1S/C20H22FN2O8PS.2Na/c1-2-17(24)15-10-33-20(22-15)19(26)14-9-23(16-8-12(21)5-6-13(14)16)11-30-18(25)4-3-7-31-32(27,28)29;;/h5-6,8-10,17,24H,2-4,7,11H2,1H3,(H2,27,28,29);;/q;2*+1/p-2/t17-;;/m1../s1. The van der Waals surface area contributed by atoms with Gasteiger partial charge in [-0.2, -0.15) is 0 Å². The number of thiazole rings is 1. The molecule has 1 N–H and O–H groups in total. The maximum Gasteiger partial charge on any atom is 1.00 e. The van der Waals surface area contributed by atoms with E-state index in [1.807, 2.05) is 0 Å². The van der Waals surface area contributed by atoms with Crippen molar-refractivity contribution in [3.63, 3.8) is 0 Å². The van der Waals surface area contributed by atoms with Crippen LogP contribution in [0.1, 0.15) is 53.3 Å². The minimum absolute atomic E-state index is 0. The summed E-state index contributed by atoms with van der Waals surface area (Å²) in [7, 11) is -5.10. The molecule has 35 heavy (non-hydrogen) atoms. The van der Waals surface area contributed by atoms with Gasteiger partial charge in [0.25, 0.3) is 0 Å². The Morgan fingerprint density at radius 1 is 1.31 bits per heavy atom. The maximum absolute atomic E-state index is 13.8. The summed E-state index contributed by atoms with van der Waals surface area (Å²) in [5, 5.41) is 12.1. The normalized spacial score (nSPS) is 12.0. The number of aliphatic hydroxyl groups excluding tert-OH is 1. The summed E-state index contributed by atoms with van der Waals surface area (Å²) >= 11 is 1.08. The van der Waals surface area contributed by atoms with Crippen LogP contribution in [0.2, 0.25) is 0 Å². The second-order valence-electron chi connectivity index (χ2n) is 7.03. The molecule has 3 aromatic rings. The summed E-state index contributed by atoms with van der Waals surface area (Å²) < 4.78 is 34.8. The van der Waals surface area contributed by atoms with Gasteiger partial charge in [0.1, 0.15) is 5.82 Å². The van der Waals surface area contributed by atoms with Crippen LogP contribution in [0, 0.1) is 5.82 Å². The molecule has 0 fully saturated rings. The first-order valence-electron chi connectivity index (χ1n) is 9.88. The van der Waals surface area contributed by atoms with Crippen molar-refractivity contribution in [1.29, 1.82) is 0 Å². The Kier molecular flexibility index (Phi) is 13.5. The first-order chi connectivity index (χ1) is 15.6. The Balaban J connectivity index is 0.00000306. The number of phosphoric ester groups is 1. The summed E-state index contributed by atoms with van der Waals surface area (Å²) in [6.45, 7) is 1.01. The van der Waals surface area contributed by atoms with E-state index in [4.69, 9.17) is 4.74 Å². The Labute approximate surface area is 248 Å². The van der Waals surface area contributed by atoms with Crippen molar-refractivity contribution in [3.05, 3.63) is 51.9 Å². The van der Waals surface area contributed by atoms with Crippen LogP contribution in [0.5, 0.6) is 0 Å². The summed E-state index contributed by atoms with van der Waals surface area (Å²) in [6, 6.07) is 3.84. The van der Waals surface area contributed by atoms with Gasteiger partial charge in [-0.3, -0.25) is 9.59 Å². The topological polar surface area (TPSA) is 154 Å². The molecule has 0 aliphatic rings. The Bertz CT molecular complexity index is 1220. The number of rotatable bonds is 11. The van der Waals surface area contributed by atoms with Gasteiger partial charge in [0.05, 0.1) is 37.3 Å². The van der Waals surface area contributed by atoms with Crippen molar-refractivity contribution in [2.75, 3.05) is 6.61 Å². The van der Waals surface area contributed by atoms with Crippen LogP contribution in [-0.2, 0) is 25.4 Å². The van der Waals surface area contributed by atoms with E-state index in [1.54, 1.807) is 12.3 Å².